The van der Waals surface area contributed by atoms with Gasteiger partial charge < -0.3 is 0 Å². The van der Waals surface area contributed by atoms with E-state index < -0.39 is 10.1 Å². The molecule has 0 saturated carbocycles. The van der Waals surface area contributed by atoms with Crippen molar-refractivity contribution in [3.63, 3.8) is 0 Å². The molecule has 0 aromatic heterocycles. The van der Waals surface area contributed by atoms with Crippen LogP contribution in [0.5, 0.6) is 0 Å². The Morgan fingerprint density at radius 3 is 2.45 bits per heavy atom. The molecule has 0 saturated heterocycles. The Hall–Kier alpha value is 0.340. The lowest BCUT2D eigenvalue weighted by atomic mass is 10.3. The van der Waals surface area contributed by atoms with E-state index in [1.165, 1.54) is 0 Å². The van der Waals surface area contributed by atoms with Crippen molar-refractivity contribution in [2.45, 2.75) is 26.2 Å². The molecule has 5 heteroatoms. The molecule has 0 aromatic rings. The third-order valence-electron chi connectivity index (χ3n) is 1.09. The van der Waals surface area contributed by atoms with E-state index in [4.69, 9.17) is 0 Å². The standard InChI is InChI=1S/C6H15O3PS/c1-3-4-5-6-10-9-11(2,7)8/h10H,3-6H2,1-2H3. The molecule has 1 unspecified atom stereocenters. The molecule has 0 fully saturated rings. The molecule has 3 nitrogen and oxygen atoms in total. The van der Waals surface area contributed by atoms with Crippen molar-refractivity contribution < 1.29 is 12.4 Å². The minimum absolute atomic E-state index is 0.106. The van der Waals surface area contributed by atoms with Gasteiger partial charge in [0.1, 0.15) is 0 Å². The molecule has 0 N–H and O–H groups in total. The van der Waals surface area contributed by atoms with E-state index in [2.05, 4.69) is 10.9 Å². The first-order valence-electron chi connectivity index (χ1n) is 3.67. The van der Waals surface area contributed by atoms with Crippen LogP contribution >= 0.6 is 8.81 Å². The summed E-state index contributed by atoms with van der Waals surface area (Å²) in [5.41, 5.74) is 0. The van der Waals surface area contributed by atoms with Crippen molar-refractivity contribution >= 4 is 18.9 Å². The van der Waals surface area contributed by atoms with Crippen molar-refractivity contribution in [1.29, 1.82) is 0 Å². The average molecular weight is 198 g/mol. The highest BCUT2D eigenvalue weighted by molar-refractivity contribution is 7.88. The van der Waals surface area contributed by atoms with Crippen molar-refractivity contribution in [1.82, 2.24) is 0 Å². The lowest BCUT2D eigenvalue weighted by Crippen LogP contribution is -1.94. The van der Waals surface area contributed by atoms with Crippen LogP contribution in [0.25, 0.3) is 0 Å². The molecule has 0 rings (SSSR count). The minimum atomic E-state index is -3.20. The second kappa shape index (κ2) is 5.92. The zero-order chi connectivity index (χ0) is 8.74. The number of hydrogen-bond acceptors (Lipinski definition) is 3. The highest BCUT2D eigenvalue weighted by Crippen LogP contribution is 2.17. The maximum absolute atomic E-state index is 10.4. The van der Waals surface area contributed by atoms with Crippen molar-refractivity contribution in [3.05, 3.63) is 0 Å². The monoisotopic (exact) mass is 198 g/mol. The van der Waals surface area contributed by atoms with Crippen LogP contribution in [0.15, 0.2) is 0 Å². The Morgan fingerprint density at radius 2 is 2.00 bits per heavy atom. The fourth-order valence-electron chi connectivity index (χ4n) is 0.596. The van der Waals surface area contributed by atoms with Gasteiger partial charge in [0, 0.05) is 8.81 Å². The molecule has 0 bridgehead atoms. The zero-order valence-corrected chi connectivity index (χ0v) is 8.78. The van der Waals surface area contributed by atoms with Gasteiger partial charge >= 0.3 is 0 Å². The maximum Gasteiger partial charge on any atom is 0.267 e. The summed E-state index contributed by atoms with van der Waals surface area (Å²) in [6.07, 6.45) is 5.31. The Labute approximate surface area is 70.5 Å². The number of rotatable bonds is 6. The molecule has 0 radical (unpaired) electrons. The number of hydrogen-bond donors (Lipinski definition) is 0. The quantitative estimate of drug-likeness (QED) is 0.482. The smallest absolute Gasteiger partial charge is 0.251 e. The molecule has 0 heterocycles. The summed E-state index contributed by atoms with van der Waals surface area (Å²) in [5.74, 6) is 0. The van der Waals surface area contributed by atoms with Gasteiger partial charge in [0.2, 0.25) is 0 Å². The fourth-order valence-corrected chi connectivity index (χ4v) is 2.18. The van der Waals surface area contributed by atoms with E-state index in [0.29, 0.717) is 0 Å². The second-order valence-corrected chi connectivity index (χ2v) is 5.25. The van der Waals surface area contributed by atoms with E-state index in [0.717, 1.165) is 31.7 Å². The van der Waals surface area contributed by atoms with Crippen LogP contribution in [0.1, 0.15) is 26.2 Å². The molecule has 0 spiro atoms. The van der Waals surface area contributed by atoms with Crippen LogP contribution in [-0.4, -0.2) is 20.8 Å². The topological polar surface area (TPSA) is 43.4 Å². The zero-order valence-electron chi connectivity index (χ0n) is 6.96. The highest BCUT2D eigenvalue weighted by Gasteiger charge is 1.99. The molecular formula is C6H15O3PS. The predicted molar refractivity (Wildman–Crippen MR) is 48.6 cm³/mol. The van der Waals surface area contributed by atoms with Gasteiger partial charge in [0.15, 0.2) is 0 Å². The van der Waals surface area contributed by atoms with Crippen LogP contribution in [-0.2, 0) is 14.1 Å². The van der Waals surface area contributed by atoms with Gasteiger partial charge in [-0.25, -0.2) is 0 Å². The van der Waals surface area contributed by atoms with Gasteiger partial charge in [-0.2, -0.15) is 8.42 Å². The molecule has 0 aliphatic carbocycles. The van der Waals surface area contributed by atoms with E-state index >= 15 is 0 Å². The summed E-state index contributed by atoms with van der Waals surface area (Å²) >= 11 is 0. The average Bonchev–Trinajstić information content (AvgIpc) is 1.85. The molecule has 0 amide bonds. The van der Waals surface area contributed by atoms with Crippen LogP contribution in [0.4, 0.5) is 0 Å². The van der Waals surface area contributed by atoms with Crippen LogP contribution < -0.4 is 0 Å². The Kier molecular flexibility index (Phi) is 6.11. The molecule has 11 heavy (non-hydrogen) atoms. The fraction of sp³-hybridized carbons (Fsp3) is 1.00. The lowest BCUT2D eigenvalue weighted by molar-refractivity contribution is 0.520. The maximum atomic E-state index is 10.4. The molecular weight excluding hydrogens is 183 g/mol. The molecule has 0 aromatic carbocycles. The van der Waals surface area contributed by atoms with E-state index in [-0.39, 0.29) is 8.81 Å². The number of unbranched alkanes of at least 4 members (excludes halogenated alkanes) is 2. The van der Waals surface area contributed by atoms with Crippen molar-refractivity contribution in [2.75, 3.05) is 12.4 Å². The molecule has 1 atom stereocenters. The second-order valence-electron chi connectivity index (χ2n) is 2.39. The van der Waals surface area contributed by atoms with Gasteiger partial charge in [0.25, 0.3) is 10.1 Å². The summed E-state index contributed by atoms with van der Waals surface area (Å²) in [6, 6.07) is 0. The van der Waals surface area contributed by atoms with Crippen LogP contribution in [0.3, 0.4) is 0 Å². The van der Waals surface area contributed by atoms with Crippen LogP contribution in [0, 0.1) is 0 Å². The van der Waals surface area contributed by atoms with Gasteiger partial charge in [0.05, 0.1) is 6.26 Å². The summed E-state index contributed by atoms with van der Waals surface area (Å²) in [5, 5.41) is 0. The third-order valence-corrected chi connectivity index (χ3v) is 3.33. The van der Waals surface area contributed by atoms with Gasteiger partial charge in [-0.05, 0) is 12.6 Å². The van der Waals surface area contributed by atoms with E-state index in [1.54, 1.807) is 0 Å². The molecule has 68 valence electrons. The van der Waals surface area contributed by atoms with E-state index in [9.17, 15) is 8.42 Å². The SMILES string of the molecule is CCCCCPOS(C)(=O)=O. The summed E-state index contributed by atoms with van der Waals surface area (Å²) in [7, 11) is -3.09. The molecule has 0 aliphatic heterocycles. The highest BCUT2D eigenvalue weighted by atomic mass is 32.2. The summed E-state index contributed by atoms with van der Waals surface area (Å²) < 4.78 is 25.5. The summed E-state index contributed by atoms with van der Waals surface area (Å²) in [6.45, 7) is 2.11. The van der Waals surface area contributed by atoms with Crippen LogP contribution in [0.2, 0.25) is 0 Å². The first-order valence-corrected chi connectivity index (χ1v) is 6.60. The predicted octanol–water partition coefficient (Wildman–Crippen LogP) is 1.75. The van der Waals surface area contributed by atoms with Gasteiger partial charge in [-0.1, -0.05) is 19.8 Å². The summed E-state index contributed by atoms with van der Waals surface area (Å²) in [4.78, 5) is 0. The first-order chi connectivity index (χ1) is 5.06. The molecule has 0 aliphatic rings. The Balaban J connectivity index is 3.16. The van der Waals surface area contributed by atoms with Gasteiger partial charge in [-0.3, -0.25) is 3.97 Å². The lowest BCUT2D eigenvalue weighted by Gasteiger charge is -1.99. The van der Waals surface area contributed by atoms with Crippen molar-refractivity contribution in [3.8, 4) is 0 Å². The van der Waals surface area contributed by atoms with E-state index in [1.807, 2.05) is 0 Å². The Morgan fingerprint density at radius 1 is 1.36 bits per heavy atom. The minimum Gasteiger partial charge on any atom is -0.251 e. The first kappa shape index (κ1) is 11.3. The largest absolute Gasteiger partial charge is 0.267 e. The van der Waals surface area contributed by atoms with Gasteiger partial charge in [-0.15, -0.1) is 0 Å². The Bertz CT molecular complexity index is 176. The van der Waals surface area contributed by atoms with Crippen molar-refractivity contribution in [2.24, 2.45) is 0 Å². The third kappa shape index (κ3) is 10.3. The normalized spacial score (nSPS) is 12.9.